The van der Waals surface area contributed by atoms with Crippen molar-refractivity contribution in [2.45, 2.75) is 6.73 Å². The zero-order valence-corrected chi connectivity index (χ0v) is 15.9. The van der Waals surface area contributed by atoms with Gasteiger partial charge in [0.05, 0.1) is 5.02 Å². The lowest BCUT2D eigenvalue weighted by atomic mass is 10.2. The Morgan fingerprint density at radius 3 is 2.52 bits per heavy atom. The van der Waals surface area contributed by atoms with Crippen LogP contribution in [0.5, 0.6) is 5.75 Å². The molecule has 2 heterocycles. The van der Waals surface area contributed by atoms with Gasteiger partial charge in [-0.25, -0.2) is 4.68 Å². The average molecular weight is 422 g/mol. The molecule has 0 fully saturated rings. The Morgan fingerprint density at radius 2 is 1.74 bits per heavy atom. The number of benzene rings is 2. The van der Waals surface area contributed by atoms with Crippen LogP contribution in [0.25, 0.3) is 23.0 Å². The molecule has 0 aliphatic rings. The van der Waals surface area contributed by atoms with Gasteiger partial charge in [-0.2, -0.15) is 10.1 Å². The topological polar surface area (TPSA) is 66.0 Å². The van der Waals surface area contributed by atoms with Crippen LogP contribution in [0.15, 0.2) is 59.3 Å². The van der Waals surface area contributed by atoms with Gasteiger partial charge in [0.15, 0.2) is 6.73 Å². The molecule has 27 heavy (non-hydrogen) atoms. The maximum Gasteiger partial charge on any atom is 0.276 e. The van der Waals surface area contributed by atoms with E-state index in [1.807, 2.05) is 0 Å². The zero-order valence-electron chi connectivity index (χ0n) is 13.6. The van der Waals surface area contributed by atoms with Gasteiger partial charge in [-0.05, 0) is 48.5 Å². The summed E-state index contributed by atoms with van der Waals surface area (Å²) >= 11 is 18.0. The van der Waals surface area contributed by atoms with Crippen molar-refractivity contribution in [2.24, 2.45) is 0 Å². The first kappa shape index (κ1) is 17.9. The van der Waals surface area contributed by atoms with Crippen LogP contribution < -0.4 is 4.74 Å². The number of aromatic nitrogens is 4. The van der Waals surface area contributed by atoms with E-state index in [1.165, 1.54) is 0 Å². The molecule has 0 amide bonds. The van der Waals surface area contributed by atoms with Gasteiger partial charge >= 0.3 is 0 Å². The number of hydrogen-bond donors (Lipinski definition) is 0. The molecule has 0 atom stereocenters. The van der Waals surface area contributed by atoms with Crippen LogP contribution >= 0.6 is 34.8 Å². The summed E-state index contributed by atoms with van der Waals surface area (Å²) in [6.07, 6.45) is 1.62. The molecule has 0 saturated carbocycles. The number of rotatable bonds is 5. The highest BCUT2D eigenvalue weighted by Crippen LogP contribution is 2.30. The number of halogens is 3. The highest BCUT2D eigenvalue weighted by molar-refractivity contribution is 6.36. The minimum atomic E-state index is 0.170. The Kier molecular flexibility index (Phi) is 5.03. The summed E-state index contributed by atoms with van der Waals surface area (Å²) < 4.78 is 12.7. The van der Waals surface area contributed by atoms with E-state index in [2.05, 4.69) is 15.2 Å². The molecule has 0 N–H and O–H groups in total. The SMILES string of the molecule is Clc1ccc(OCn2nccc2-c2nc(-c3ccc(Cl)cc3Cl)no2)cc1. The van der Waals surface area contributed by atoms with Gasteiger partial charge in [0.2, 0.25) is 5.82 Å². The number of ether oxygens (including phenoxy) is 1. The van der Waals surface area contributed by atoms with Crippen molar-refractivity contribution in [2.75, 3.05) is 0 Å². The van der Waals surface area contributed by atoms with Crippen LogP contribution in [-0.4, -0.2) is 19.9 Å². The molecule has 2 aromatic heterocycles. The Bertz CT molecular complexity index is 1080. The molecule has 6 nitrogen and oxygen atoms in total. The van der Waals surface area contributed by atoms with E-state index < -0.39 is 0 Å². The fraction of sp³-hybridized carbons (Fsp3) is 0.0556. The van der Waals surface area contributed by atoms with Gasteiger partial charge < -0.3 is 9.26 Å². The van der Waals surface area contributed by atoms with Crippen molar-refractivity contribution in [1.29, 1.82) is 0 Å². The molecular formula is C18H11Cl3N4O2. The summed E-state index contributed by atoms with van der Waals surface area (Å²) in [5.74, 6) is 1.33. The minimum absolute atomic E-state index is 0.170. The lowest BCUT2D eigenvalue weighted by Crippen LogP contribution is -2.08. The fourth-order valence-corrected chi connectivity index (χ4v) is 3.01. The second kappa shape index (κ2) is 7.60. The maximum atomic E-state index is 6.21. The molecule has 0 saturated heterocycles. The Morgan fingerprint density at radius 1 is 0.963 bits per heavy atom. The fourth-order valence-electron chi connectivity index (χ4n) is 2.39. The van der Waals surface area contributed by atoms with E-state index >= 15 is 0 Å². The predicted molar refractivity (Wildman–Crippen MR) is 103 cm³/mol. The summed E-state index contributed by atoms with van der Waals surface area (Å²) in [5, 5.41) is 9.83. The van der Waals surface area contributed by atoms with Gasteiger partial charge in [0, 0.05) is 21.8 Å². The molecule has 0 aliphatic carbocycles. The highest BCUT2D eigenvalue weighted by atomic mass is 35.5. The number of nitrogens with zero attached hydrogens (tertiary/aromatic N) is 4. The molecular weight excluding hydrogens is 411 g/mol. The molecule has 2 aromatic carbocycles. The summed E-state index contributed by atoms with van der Waals surface area (Å²) in [4.78, 5) is 4.40. The van der Waals surface area contributed by atoms with Crippen molar-refractivity contribution in [3.8, 4) is 28.7 Å². The maximum absolute atomic E-state index is 6.21. The van der Waals surface area contributed by atoms with E-state index in [4.69, 9.17) is 44.1 Å². The Hall–Kier alpha value is -2.54. The van der Waals surface area contributed by atoms with Crippen molar-refractivity contribution in [1.82, 2.24) is 19.9 Å². The Labute approximate surface area is 169 Å². The van der Waals surface area contributed by atoms with E-state index in [0.29, 0.717) is 43.8 Å². The summed E-state index contributed by atoms with van der Waals surface area (Å²) in [6, 6.07) is 13.9. The standard InChI is InChI=1S/C18H11Cl3N4O2/c19-11-1-4-13(5-2-11)26-10-25-16(7-8-22-25)18-23-17(24-27-18)14-6-3-12(20)9-15(14)21/h1-9H,10H2. The van der Waals surface area contributed by atoms with Crippen molar-refractivity contribution >= 4 is 34.8 Å². The quantitative estimate of drug-likeness (QED) is 0.420. The molecule has 0 aliphatic heterocycles. The van der Waals surface area contributed by atoms with Gasteiger partial charge in [-0.3, -0.25) is 0 Å². The predicted octanol–water partition coefficient (Wildman–Crippen LogP) is 5.60. The first-order valence-electron chi connectivity index (χ1n) is 7.80. The first-order valence-corrected chi connectivity index (χ1v) is 8.93. The van der Waals surface area contributed by atoms with E-state index in [1.54, 1.807) is 59.4 Å². The lowest BCUT2D eigenvalue weighted by Gasteiger charge is -2.07. The molecule has 0 radical (unpaired) electrons. The van der Waals surface area contributed by atoms with Crippen LogP contribution in [0, 0.1) is 0 Å². The zero-order chi connectivity index (χ0) is 18.8. The Balaban J connectivity index is 1.56. The molecule has 0 unspecified atom stereocenters. The third kappa shape index (κ3) is 3.93. The lowest BCUT2D eigenvalue weighted by molar-refractivity contribution is 0.221. The van der Waals surface area contributed by atoms with Crippen LogP contribution in [0.2, 0.25) is 15.1 Å². The van der Waals surface area contributed by atoms with Gasteiger partial charge in [-0.15, -0.1) is 0 Å². The average Bonchev–Trinajstić information content (AvgIpc) is 3.30. The first-order chi connectivity index (χ1) is 13.1. The monoisotopic (exact) mass is 420 g/mol. The van der Waals surface area contributed by atoms with Crippen molar-refractivity contribution in [3.05, 3.63) is 69.8 Å². The molecule has 136 valence electrons. The second-order valence-electron chi connectivity index (χ2n) is 5.49. The summed E-state index contributed by atoms with van der Waals surface area (Å²) in [7, 11) is 0. The van der Waals surface area contributed by atoms with E-state index in [-0.39, 0.29) is 6.73 Å². The summed E-state index contributed by atoms with van der Waals surface area (Å²) in [6.45, 7) is 0.170. The third-order valence-corrected chi connectivity index (χ3v) is 4.50. The molecule has 4 rings (SSSR count). The van der Waals surface area contributed by atoms with Crippen LogP contribution in [0.1, 0.15) is 0 Å². The van der Waals surface area contributed by atoms with Crippen LogP contribution in [0.3, 0.4) is 0 Å². The smallest absolute Gasteiger partial charge is 0.276 e. The third-order valence-electron chi connectivity index (χ3n) is 3.70. The second-order valence-corrected chi connectivity index (χ2v) is 6.77. The van der Waals surface area contributed by atoms with E-state index in [9.17, 15) is 0 Å². The number of hydrogen-bond acceptors (Lipinski definition) is 5. The van der Waals surface area contributed by atoms with E-state index in [0.717, 1.165) is 0 Å². The van der Waals surface area contributed by atoms with Crippen LogP contribution in [0.4, 0.5) is 0 Å². The highest BCUT2D eigenvalue weighted by Gasteiger charge is 2.17. The van der Waals surface area contributed by atoms with Crippen LogP contribution in [-0.2, 0) is 6.73 Å². The molecule has 0 spiro atoms. The molecule has 4 aromatic rings. The normalized spacial score (nSPS) is 10.9. The van der Waals surface area contributed by atoms with Crippen molar-refractivity contribution in [3.63, 3.8) is 0 Å². The van der Waals surface area contributed by atoms with Gasteiger partial charge in [0.25, 0.3) is 5.89 Å². The largest absolute Gasteiger partial charge is 0.471 e. The van der Waals surface area contributed by atoms with Gasteiger partial charge in [-0.1, -0.05) is 40.0 Å². The molecule has 9 heteroatoms. The minimum Gasteiger partial charge on any atom is -0.471 e. The van der Waals surface area contributed by atoms with Gasteiger partial charge in [0.1, 0.15) is 11.4 Å². The summed E-state index contributed by atoms with van der Waals surface area (Å²) in [5.41, 5.74) is 1.24. The van der Waals surface area contributed by atoms with Crippen molar-refractivity contribution < 1.29 is 9.26 Å². The molecule has 0 bridgehead atoms.